The number of nitrogens with zero attached hydrogens (tertiary/aromatic N) is 2. The van der Waals surface area contributed by atoms with Crippen LogP contribution in [-0.4, -0.2) is 36.3 Å². The van der Waals surface area contributed by atoms with Crippen molar-refractivity contribution in [1.82, 2.24) is 15.5 Å². The highest BCUT2D eigenvalue weighted by Gasteiger charge is 2.08. The van der Waals surface area contributed by atoms with Gasteiger partial charge in [0.15, 0.2) is 5.69 Å². The van der Waals surface area contributed by atoms with E-state index in [0.717, 1.165) is 30.6 Å². The van der Waals surface area contributed by atoms with E-state index in [9.17, 15) is 4.79 Å². The molecule has 0 unspecified atom stereocenters. The second-order valence-corrected chi connectivity index (χ2v) is 6.64. The van der Waals surface area contributed by atoms with Gasteiger partial charge in [-0.1, -0.05) is 48.5 Å². The molecule has 3 aromatic rings. The standard InChI is InChI=1S/C23H26N4O2/c1-29-21-12-6-5-11-19(21)15-17-24-22-14-13-20(26-27-22)23(28)25-16-7-10-18-8-3-2-4-9-18/h2-6,8-9,11-14H,7,10,15-17H2,1H3,(H,24,27)(H,25,28). The van der Waals surface area contributed by atoms with Gasteiger partial charge in [0.25, 0.3) is 5.91 Å². The zero-order valence-electron chi connectivity index (χ0n) is 16.6. The second kappa shape index (κ2) is 10.8. The van der Waals surface area contributed by atoms with E-state index in [2.05, 4.69) is 33.0 Å². The van der Waals surface area contributed by atoms with Gasteiger partial charge in [0.05, 0.1) is 7.11 Å². The molecule has 1 aromatic heterocycles. The van der Waals surface area contributed by atoms with Crippen LogP contribution >= 0.6 is 0 Å². The molecular weight excluding hydrogens is 364 g/mol. The number of carbonyl (C=O) groups excluding carboxylic acids is 1. The lowest BCUT2D eigenvalue weighted by Crippen LogP contribution is -2.26. The number of ether oxygens (including phenoxy) is 1. The molecule has 150 valence electrons. The Morgan fingerprint density at radius 3 is 2.45 bits per heavy atom. The molecule has 2 aromatic carbocycles. The first kappa shape index (κ1) is 20.3. The predicted molar refractivity (Wildman–Crippen MR) is 114 cm³/mol. The summed E-state index contributed by atoms with van der Waals surface area (Å²) in [4.78, 5) is 12.2. The summed E-state index contributed by atoms with van der Waals surface area (Å²) in [5.41, 5.74) is 2.71. The molecule has 0 spiro atoms. The Kier molecular flexibility index (Phi) is 7.57. The lowest BCUT2D eigenvalue weighted by molar-refractivity contribution is 0.0947. The van der Waals surface area contributed by atoms with Gasteiger partial charge < -0.3 is 15.4 Å². The molecule has 0 aliphatic heterocycles. The van der Waals surface area contributed by atoms with Gasteiger partial charge in [-0.05, 0) is 48.6 Å². The summed E-state index contributed by atoms with van der Waals surface area (Å²) in [5, 5.41) is 14.2. The Labute approximate surface area is 171 Å². The molecule has 3 rings (SSSR count). The van der Waals surface area contributed by atoms with Gasteiger partial charge in [-0.2, -0.15) is 0 Å². The quantitative estimate of drug-likeness (QED) is 0.518. The first-order valence-corrected chi connectivity index (χ1v) is 9.78. The Balaban J connectivity index is 1.40. The third-order valence-corrected chi connectivity index (χ3v) is 4.56. The number of hydrogen-bond acceptors (Lipinski definition) is 5. The number of benzene rings is 2. The molecule has 0 fully saturated rings. The Bertz CT molecular complexity index is 898. The molecule has 0 saturated carbocycles. The van der Waals surface area contributed by atoms with Crippen molar-refractivity contribution in [2.75, 3.05) is 25.5 Å². The van der Waals surface area contributed by atoms with Crippen LogP contribution in [0.3, 0.4) is 0 Å². The van der Waals surface area contributed by atoms with Crippen molar-refractivity contribution in [3.63, 3.8) is 0 Å². The molecule has 0 saturated heterocycles. The largest absolute Gasteiger partial charge is 0.496 e. The molecule has 6 nitrogen and oxygen atoms in total. The lowest BCUT2D eigenvalue weighted by Gasteiger charge is -2.09. The van der Waals surface area contributed by atoms with Crippen LogP contribution in [0.15, 0.2) is 66.7 Å². The van der Waals surface area contributed by atoms with Crippen molar-refractivity contribution in [3.05, 3.63) is 83.6 Å². The van der Waals surface area contributed by atoms with Gasteiger partial charge in [-0.15, -0.1) is 10.2 Å². The van der Waals surface area contributed by atoms with Crippen LogP contribution in [0.4, 0.5) is 5.82 Å². The SMILES string of the molecule is COc1ccccc1CCNc1ccc(C(=O)NCCCc2ccccc2)nn1. The van der Waals surface area contributed by atoms with E-state index in [1.165, 1.54) is 5.56 Å². The molecule has 0 atom stereocenters. The first-order valence-electron chi connectivity index (χ1n) is 9.78. The monoisotopic (exact) mass is 390 g/mol. The van der Waals surface area contributed by atoms with Gasteiger partial charge in [0.2, 0.25) is 0 Å². The first-order chi connectivity index (χ1) is 14.3. The number of hydrogen-bond donors (Lipinski definition) is 2. The van der Waals surface area contributed by atoms with Crippen molar-refractivity contribution in [2.45, 2.75) is 19.3 Å². The van der Waals surface area contributed by atoms with E-state index in [4.69, 9.17) is 4.74 Å². The number of carbonyl (C=O) groups is 1. The fourth-order valence-corrected chi connectivity index (χ4v) is 3.01. The summed E-state index contributed by atoms with van der Waals surface area (Å²) < 4.78 is 5.36. The van der Waals surface area contributed by atoms with E-state index in [1.807, 2.05) is 42.5 Å². The molecule has 0 aliphatic carbocycles. The van der Waals surface area contributed by atoms with Crippen LogP contribution in [0.2, 0.25) is 0 Å². The zero-order valence-corrected chi connectivity index (χ0v) is 16.6. The molecule has 29 heavy (non-hydrogen) atoms. The van der Waals surface area contributed by atoms with E-state index in [-0.39, 0.29) is 5.91 Å². The average molecular weight is 390 g/mol. The summed E-state index contributed by atoms with van der Waals surface area (Å²) in [7, 11) is 1.67. The van der Waals surface area contributed by atoms with Gasteiger partial charge in [-0.3, -0.25) is 4.79 Å². The number of aromatic nitrogens is 2. The van der Waals surface area contributed by atoms with Crippen LogP contribution in [-0.2, 0) is 12.8 Å². The summed E-state index contributed by atoms with van der Waals surface area (Å²) >= 11 is 0. The maximum atomic E-state index is 12.2. The third kappa shape index (κ3) is 6.31. The van der Waals surface area contributed by atoms with Crippen molar-refractivity contribution in [1.29, 1.82) is 0 Å². The summed E-state index contributed by atoms with van der Waals surface area (Å²) in [6.45, 7) is 1.30. The minimum absolute atomic E-state index is 0.203. The summed E-state index contributed by atoms with van der Waals surface area (Å²) in [5.74, 6) is 1.31. The van der Waals surface area contributed by atoms with Crippen molar-refractivity contribution in [2.24, 2.45) is 0 Å². The molecule has 1 amide bonds. The summed E-state index contributed by atoms with van der Waals surface area (Å²) in [6, 6.07) is 21.6. The molecule has 0 radical (unpaired) electrons. The fourth-order valence-electron chi connectivity index (χ4n) is 3.01. The van der Waals surface area contributed by atoms with Crippen molar-refractivity contribution >= 4 is 11.7 Å². The predicted octanol–water partition coefficient (Wildman–Crippen LogP) is 3.50. The van der Waals surface area contributed by atoms with Crippen LogP contribution in [0.25, 0.3) is 0 Å². The van der Waals surface area contributed by atoms with E-state index >= 15 is 0 Å². The van der Waals surface area contributed by atoms with Gasteiger partial charge >= 0.3 is 0 Å². The van der Waals surface area contributed by atoms with Gasteiger partial charge in [0.1, 0.15) is 11.6 Å². The molecule has 6 heteroatoms. The second-order valence-electron chi connectivity index (χ2n) is 6.64. The Hall–Kier alpha value is -3.41. The van der Waals surface area contributed by atoms with E-state index in [1.54, 1.807) is 19.2 Å². The maximum absolute atomic E-state index is 12.2. The number of aryl methyl sites for hydroxylation is 1. The number of nitrogens with one attached hydrogen (secondary N) is 2. The van der Waals surface area contributed by atoms with Gasteiger partial charge in [-0.25, -0.2) is 0 Å². The minimum Gasteiger partial charge on any atom is -0.496 e. The van der Waals surface area contributed by atoms with Crippen molar-refractivity contribution < 1.29 is 9.53 Å². The lowest BCUT2D eigenvalue weighted by atomic mass is 10.1. The molecule has 1 heterocycles. The molecular formula is C23H26N4O2. The van der Waals surface area contributed by atoms with Crippen molar-refractivity contribution in [3.8, 4) is 5.75 Å². The minimum atomic E-state index is -0.203. The fraction of sp³-hybridized carbons (Fsp3) is 0.261. The number of para-hydroxylation sites is 1. The normalized spacial score (nSPS) is 10.4. The van der Waals surface area contributed by atoms with E-state index in [0.29, 0.717) is 24.6 Å². The Morgan fingerprint density at radius 2 is 1.69 bits per heavy atom. The zero-order chi connectivity index (χ0) is 20.3. The van der Waals surface area contributed by atoms with Crippen LogP contribution in [0.5, 0.6) is 5.75 Å². The van der Waals surface area contributed by atoms with Gasteiger partial charge in [0, 0.05) is 13.1 Å². The average Bonchev–Trinajstić information content (AvgIpc) is 2.78. The topological polar surface area (TPSA) is 76.1 Å². The van der Waals surface area contributed by atoms with Crippen LogP contribution < -0.4 is 15.4 Å². The number of anilines is 1. The van der Waals surface area contributed by atoms with E-state index < -0.39 is 0 Å². The molecule has 0 bridgehead atoms. The molecule has 2 N–H and O–H groups in total. The highest BCUT2D eigenvalue weighted by molar-refractivity contribution is 5.92. The highest BCUT2D eigenvalue weighted by Crippen LogP contribution is 2.17. The molecule has 0 aliphatic rings. The third-order valence-electron chi connectivity index (χ3n) is 4.56. The Morgan fingerprint density at radius 1 is 0.897 bits per heavy atom. The van der Waals surface area contributed by atoms with Crippen LogP contribution in [0.1, 0.15) is 28.0 Å². The highest BCUT2D eigenvalue weighted by atomic mass is 16.5. The number of methoxy groups -OCH3 is 1. The number of amides is 1. The number of rotatable bonds is 10. The maximum Gasteiger partial charge on any atom is 0.271 e. The summed E-state index contributed by atoms with van der Waals surface area (Å²) in [6.07, 6.45) is 2.61. The van der Waals surface area contributed by atoms with Crippen LogP contribution in [0, 0.1) is 0 Å². The smallest absolute Gasteiger partial charge is 0.271 e.